The number of esters is 2. The Labute approximate surface area is 452 Å². The van der Waals surface area contributed by atoms with Crippen LogP contribution in [0.5, 0.6) is 11.5 Å². The van der Waals surface area contributed by atoms with E-state index in [1.165, 1.54) is 0 Å². The van der Waals surface area contributed by atoms with Crippen LogP contribution in [-0.2, 0) is 84.0 Å². The molecule has 4 N–H and O–H groups in total. The minimum absolute atomic E-state index is 0.0289. The van der Waals surface area contributed by atoms with Gasteiger partial charge < -0.3 is 49.7 Å². The van der Waals surface area contributed by atoms with E-state index in [9.17, 15) is 28.8 Å². The first-order valence-corrected chi connectivity index (χ1v) is 25.6. The molecule has 4 bridgehead atoms. The number of nitrogens with one attached hydrogen (secondary N) is 4. The molecule has 16 heteroatoms. The fraction of sp³-hybridized carbons (Fsp3) is 0.226. The molecule has 0 aliphatic carbocycles. The maximum atomic E-state index is 14.9. The maximum absolute atomic E-state index is 14.9. The van der Waals surface area contributed by atoms with Gasteiger partial charge in [0.15, 0.2) is 6.61 Å². The minimum Gasteiger partial charge on any atom is -0.489 e. The number of hydrogen-bond acceptors (Lipinski definition) is 12. The van der Waals surface area contributed by atoms with Crippen LogP contribution in [0.4, 0.5) is 9.59 Å². The second kappa shape index (κ2) is 28.5. The van der Waals surface area contributed by atoms with Gasteiger partial charge in [-0.1, -0.05) is 164 Å². The van der Waals surface area contributed by atoms with Gasteiger partial charge in [-0.15, -0.1) is 0 Å². The fourth-order valence-corrected chi connectivity index (χ4v) is 8.43. The summed E-state index contributed by atoms with van der Waals surface area (Å²) in [5, 5.41) is 11.0. The van der Waals surface area contributed by atoms with Gasteiger partial charge in [-0.25, -0.2) is 19.2 Å². The lowest BCUT2D eigenvalue weighted by atomic mass is 9.95. The SMILES string of the molecule is O=C(COC(=O)[C@@H]1Cc2cc(ccc2OCc2ccccc2)-c2ccc(OCc3ccccc3)c(c2)C[C@H](NC(=O)OCc2ccccc2)C(=O)N[C@@H](CCCNC(=O)OCc2ccccc2)C(=O)N1)OCc1ccccc1. The molecule has 0 unspecified atom stereocenters. The van der Waals surface area contributed by atoms with E-state index in [1.54, 1.807) is 48.5 Å². The Hall–Kier alpha value is -9.44. The van der Waals surface area contributed by atoms with Gasteiger partial charge in [0.2, 0.25) is 11.8 Å². The van der Waals surface area contributed by atoms with Crippen molar-refractivity contribution in [3.63, 3.8) is 0 Å². The van der Waals surface area contributed by atoms with Crippen LogP contribution in [-0.4, -0.2) is 67.2 Å². The summed E-state index contributed by atoms with van der Waals surface area (Å²) >= 11 is 0. The molecule has 1 aliphatic rings. The molecular weight excluding hydrogens is 993 g/mol. The fourth-order valence-electron chi connectivity index (χ4n) is 8.43. The largest absolute Gasteiger partial charge is 0.489 e. The van der Waals surface area contributed by atoms with Crippen molar-refractivity contribution in [2.45, 2.75) is 76.8 Å². The van der Waals surface area contributed by atoms with Gasteiger partial charge in [-0.3, -0.25) is 9.59 Å². The predicted molar refractivity (Wildman–Crippen MR) is 289 cm³/mol. The third-order valence-corrected chi connectivity index (χ3v) is 12.6. The summed E-state index contributed by atoms with van der Waals surface area (Å²) in [5.41, 5.74) is 6.39. The first-order valence-electron chi connectivity index (χ1n) is 25.6. The van der Waals surface area contributed by atoms with Crippen LogP contribution in [0.15, 0.2) is 188 Å². The zero-order valence-corrected chi connectivity index (χ0v) is 42.8. The van der Waals surface area contributed by atoms with E-state index in [2.05, 4.69) is 21.3 Å². The number of rotatable bonds is 20. The summed E-state index contributed by atoms with van der Waals surface area (Å²) < 4.78 is 34.8. The number of ether oxygens (including phenoxy) is 6. The van der Waals surface area contributed by atoms with E-state index in [0.717, 1.165) is 22.3 Å². The highest BCUT2D eigenvalue weighted by molar-refractivity contribution is 5.93. The normalized spacial score (nSPS) is 15.1. The van der Waals surface area contributed by atoms with Crippen molar-refractivity contribution in [2.75, 3.05) is 13.2 Å². The molecule has 0 saturated carbocycles. The van der Waals surface area contributed by atoms with Crippen molar-refractivity contribution < 1.29 is 57.2 Å². The molecule has 7 aromatic rings. The lowest BCUT2D eigenvalue weighted by Crippen LogP contribution is -2.56. The Bertz CT molecular complexity index is 3090. The first-order chi connectivity index (χ1) is 38.1. The zero-order chi connectivity index (χ0) is 54.3. The maximum Gasteiger partial charge on any atom is 0.408 e. The van der Waals surface area contributed by atoms with Gasteiger partial charge in [0.05, 0.1) is 0 Å². The van der Waals surface area contributed by atoms with Gasteiger partial charge in [0.1, 0.15) is 62.7 Å². The van der Waals surface area contributed by atoms with Crippen molar-refractivity contribution >= 4 is 35.9 Å². The molecule has 7 aromatic carbocycles. The van der Waals surface area contributed by atoms with Crippen molar-refractivity contribution in [2.24, 2.45) is 0 Å². The third-order valence-electron chi connectivity index (χ3n) is 12.6. The van der Waals surface area contributed by atoms with E-state index in [4.69, 9.17) is 28.4 Å². The van der Waals surface area contributed by atoms with Crippen LogP contribution >= 0.6 is 0 Å². The molecule has 8 rings (SSSR count). The van der Waals surface area contributed by atoms with Crippen LogP contribution in [0.3, 0.4) is 0 Å². The van der Waals surface area contributed by atoms with Crippen LogP contribution in [0.25, 0.3) is 11.1 Å². The standard InChI is InChI=1S/C62H60N4O12/c67-57(75-39-45-21-10-3-11-22-45)42-76-60(70)54-36-51-34-49(29-31-56(51)74-38-44-19-8-2-9-20-44)48-28-30-55(73-37-43-17-6-1-7-18-43)50(33-48)35-53(66-62(72)78-41-47-25-14-5-15-26-47)59(69)64-52(58(68)65-54)27-16-32-63-61(71)77-40-46-23-12-4-13-24-46/h1-15,17-26,28-31,33-34,52-54H,16,27,32,35-42H2,(H,63,71)(H,64,69)(H,65,68)(H,66,72)/t52-,53-,54-/m0/s1. The van der Waals surface area contributed by atoms with Crippen molar-refractivity contribution in [1.29, 1.82) is 0 Å². The number of fused-ring (bicyclic) bond motifs is 5. The monoisotopic (exact) mass is 1050 g/mol. The summed E-state index contributed by atoms with van der Waals surface area (Å²) in [7, 11) is 0. The van der Waals surface area contributed by atoms with E-state index < -0.39 is 60.7 Å². The molecule has 78 heavy (non-hydrogen) atoms. The number of benzene rings is 7. The summed E-state index contributed by atoms with van der Waals surface area (Å²) in [6.45, 7) is -0.505. The molecule has 16 nitrogen and oxygen atoms in total. The van der Waals surface area contributed by atoms with Gasteiger partial charge in [0, 0.05) is 19.4 Å². The average molecular weight is 1050 g/mol. The van der Waals surface area contributed by atoms with Crippen molar-refractivity contribution in [1.82, 2.24) is 21.3 Å². The Balaban J connectivity index is 1.13. The summed E-state index contributed by atoms with van der Waals surface area (Å²) in [4.78, 5) is 83.5. The molecule has 1 aliphatic heterocycles. The number of amides is 4. The van der Waals surface area contributed by atoms with Crippen molar-refractivity contribution in [3.05, 3.63) is 227 Å². The van der Waals surface area contributed by atoms with Crippen LogP contribution in [0.2, 0.25) is 0 Å². The Morgan fingerprint density at radius 2 is 0.923 bits per heavy atom. The number of alkyl carbamates (subject to hydrolysis) is 2. The smallest absolute Gasteiger partial charge is 0.408 e. The molecule has 3 atom stereocenters. The second-order valence-electron chi connectivity index (χ2n) is 18.4. The topological polar surface area (TPSA) is 206 Å². The van der Waals surface area contributed by atoms with Crippen molar-refractivity contribution in [3.8, 4) is 22.6 Å². The van der Waals surface area contributed by atoms with E-state index in [-0.39, 0.29) is 65.3 Å². The Morgan fingerprint density at radius 3 is 1.42 bits per heavy atom. The predicted octanol–water partition coefficient (Wildman–Crippen LogP) is 8.87. The number of carbonyl (C=O) groups is 6. The highest BCUT2D eigenvalue weighted by atomic mass is 16.6. The minimum atomic E-state index is -1.46. The molecule has 4 amide bonds. The summed E-state index contributed by atoms with van der Waals surface area (Å²) in [5.74, 6) is -2.54. The molecule has 0 spiro atoms. The van der Waals surface area contributed by atoms with Gasteiger partial charge in [0.25, 0.3) is 0 Å². The first kappa shape index (κ1) is 54.8. The highest BCUT2D eigenvalue weighted by Gasteiger charge is 2.33. The molecule has 0 saturated heterocycles. The Morgan fingerprint density at radius 1 is 0.474 bits per heavy atom. The van der Waals surface area contributed by atoms with Crippen LogP contribution < -0.4 is 30.7 Å². The molecular formula is C62H60N4O12. The van der Waals surface area contributed by atoms with Gasteiger partial charge >= 0.3 is 24.1 Å². The average Bonchev–Trinajstić information content (AvgIpc) is 3.50. The van der Waals surface area contributed by atoms with E-state index >= 15 is 0 Å². The van der Waals surface area contributed by atoms with Crippen LogP contribution in [0, 0.1) is 0 Å². The summed E-state index contributed by atoms with van der Waals surface area (Å²) in [6.07, 6.45) is -1.86. The molecule has 0 aromatic heterocycles. The van der Waals surface area contributed by atoms with Gasteiger partial charge in [-0.05, 0) is 87.2 Å². The molecule has 0 radical (unpaired) electrons. The lowest BCUT2D eigenvalue weighted by molar-refractivity contribution is -0.161. The molecule has 0 fully saturated rings. The quantitative estimate of drug-likeness (QED) is 0.0321. The summed E-state index contributed by atoms with van der Waals surface area (Å²) in [6, 6.07) is 53.0. The highest BCUT2D eigenvalue weighted by Crippen LogP contribution is 2.33. The van der Waals surface area contributed by atoms with Crippen LogP contribution in [0.1, 0.15) is 51.8 Å². The number of hydrogen-bond donors (Lipinski definition) is 4. The third kappa shape index (κ3) is 17.0. The number of carbonyl (C=O) groups excluding carboxylic acids is 6. The molecule has 400 valence electrons. The van der Waals surface area contributed by atoms with E-state index in [0.29, 0.717) is 39.3 Å². The Kier molecular flexibility index (Phi) is 20.0. The second-order valence-corrected chi connectivity index (χ2v) is 18.4. The van der Waals surface area contributed by atoms with Gasteiger partial charge in [-0.2, -0.15) is 0 Å². The molecule has 1 heterocycles. The lowest BCUT2D eigenvalue weighted by Gasteiger charge is -2.26. The zero-order valence-electron chi connectivity index (χ0n) is 42.8. The van der Waals surface area contributed by atoms with E-state index in [1.807, 2.05) is 140 Å².